The lowest BCUT2D eigenvalue weighted by Gasteiger charge is -2.36. The van der Waals surface area contributed by atoms with Crippen LogP contribution in [-0.2, 0) is 4.79 Å². The largest absolute Gasteiger partial charge is 0.389 e. The van der Waals surface area contributed by atoms with E-state index < -0.39 is 5.60 Å². The van der Waals surface area contributed by atoms with Gasteiger partial charge in [-0.25, -0.2) is 0 Å². The summed E-state index contributed by atoms with van der Waals surface area (Å²) >= 11 is 0. The molecule has 0 spiro atoms. The van der Waals surface area contributed by atoms with Crippen molar-refractivity contribution in [3.63, 3.8) is 0 Å². The summed E-state index contributed by atoms with van der Waals surface area (Å²) in [6, 6.07) is -0.368. The summed E-state index contributed by atoms with van der Waals surface area (Å²) in [5.74, 6) is 0.389. The Morgan fingerprint density at radius 3 is 2.56 bits per heavy atom. The highest BCUT2D eigenvalue weighted by molar-refractivity contribution is 5.79. The zero-order chi connectivity index (χ0) is 12.2. The molecule has 0 bridgehead atoms. The summed E-state index contributed by atoms with van der Waals surface area (Å²) in [5.41, 5.74) is 4.51. The minimum atomic E-state index is -0.643. The van der Waals surface area contributed by atoms with E-state index in [1.165, 1.54) is 6.42 Å². The highest BCUT2D eigenvalue weighted by Crippen LogP contribution is 2.33. The molecule has 0 aliphatic heterocycles. The van der Waals surface area contributed by atoms with E-state index in [0.29, 0.717) is 6.54 Å². The maximum atomic E-state index is 10.9. The average molecular weight is 228 g/mol. The maximum absolute atomic E-state index is 10.9. The molecule has 16 heavy (non-hydrogen) atoms. The molecule has 0 aromatic carbocycles. The van der Waals surface area contributed by atoms with Crippen molar-refractivity contribution >= 4 is 5.91 Å². The normalized spacial score (nSPS) is 32.3. The van der Waals surface area contributed by atoms with Crippen LogP contribution >= 0.6 is 0 Å². The minimum absolute atomic E-state index is 0.368. The van der Waals surface area contributed by atoms with Gasteiger partial charge in [0.25, 0.3) is 0 Å². The molecule has 1 rings (SSSR count). The number of rotatable bonds is 5. The second-order valence-electron chi connectivity index (χ2n) is 5.08. The zero-order valence-electron chi connectivity index (χ0n) is 10.3. The van der Waals surface area contributed by atoms with Crippen LogP contribution in [0.3, 0.4) is 0 Å². The molecule has 1 atom stereocenters. The minimum Gasteiger partial charge on any atom is -0.389 e. The average Bonchev–Trinajstić information content (AvgIpc) is 2.27. The van der Waals surface area contributed by atoms with E-state index in [9.17, 15) is 9.90 Å². The van der Waals surface area contributed by atoms with E-state index in [1.807, 2.05) is 0 Å². The first kappa shape index (κ1) is 13.5. The van der Waals surface area contributed by atoms with Gasteiger partial charge in [0.2, 0.25) is 5.91 Å². The number of hydrogen-bond acceptors (Lipinski definition) is 3. The molecule has 1 saturated carbocycles. The third kappa shape index (κ3) is 3.76. The Morgan fingerprint density at radius 1 is 1.56 bits per heavy atom. The number of carbonyl (C=O) groups excluding carboxylic acids is 1. The van der Waals surface area contributed by atoms with E-state index in [4.69, 9.17) is 5.73 Å². The van der Waals surface area contributed by atoms with E-state index in [-0.39, 0.29) is 11.9 Å². The fourth-order valence-electron chi connectivity index (χ4n) is 2.24. The molecule has 0 heterocycles. The standard InChI is InChI=1S/C12H24N2O2/c1-3-10-4-6-12(16,7-5-10)8-14-9(2)11(13)15/h9-10,14,16H,3-8H2,1-2H3,(H2,13,15). The fraction of sp³-hybridized carbons (Fsp3) is 0.917. The van der Waals surface area contributed by atoms with Gasteiger partial charge in [-0.15, -0.1) is 0 Å². The van der Waals surface area contributed by atoms with E-state index >= 15 is 0 Å². The van der Waals surface area contributed by atoms with Crippen molar-refractivity contribution in [1.82, 2.24) is 5.32 Å². The smallest absolute Gasteiger partial charge is 0.234 e. The summed E-state index contributed by atoms with van der Waals surface area (Å²) in [6.45, 7) is 4.39. The van der Waals surface area contributed by atoms with Gasteiger partial charge in [-0.2, -0.15) is 0 Å². The number of hydrogen-bond donors (Lipinski definition) is 3. The van der Waals surface area contributed by atoms with Gasteiger partial charge in [0.05, 0.1) is 11.6 Å². The first-order valence-corrected chi connectivity index (χ1v) is 6.22. The van der Waals surface area contributed by atoms with Gasteiger partial charge in [-0.05, 0) is 38.5 Å². The molecule has 1 amide bonds. The van der Waals surface area contributed by atoms with Crippen molar-refractivity contribution < 1.29 is 9.90 Å². The monoisotopic (exact) mass is 228 g/mol. The number of aliphatic hydroxyl groups is 1. The Balaban J connectivity index is 2.34. The van der Waals surface area contributed by atoms with Crippen LogP contribution in [0.2, 0.25) is 0 Å². The Morgan fingerprint density at radius 2 is 2.12 bits per heavy atom. The van der Waals surface area contributed by atoms with Crippen LogP contribution < -0.4 is 11.1 Å². The van der Waals surface area contributed by atoms with Crippen LogP contribution in [0, 0.1) is 5.92 Å². The summed E-state index contributed by atoms with van der Waals surface area (Å²) < 4.78 is 0. The summed E-state index contributed by atoms with van der Waals surface area (Å²) in [4.78, 5) is 10.9. The Hall–Kier alpha value is -0.610. The van der Waals surface area contributed by atoms with Crippen molar-refractivity contribution in [1.29, 1.82) is 0 Å². The number of carbonyl (C=O) groups is 1. The van der Waals surface area contributed by atoms with E-state index in [0.717, 1.165) is 31.6 Å². The van der Waals surface area contributed by atoms with Crippen LogP contribution in [0.4, 0.5) is 0 Å². The molecule has 0 aromatic rings. The summed E-state index contributed by atoms with van der Waals surface area (Å²) in [7, 11) is 0. The van der Waals surface area contributed by atoms with Crippen molar-refractivity contribution in [2.24, 2.45) is 11.7 Å². The molecular weight excluding hydrogens is 204 g/mol. The van der Waals surface area contributed by atoms with Gasteiger partial charge >= 0.3 is 0 Å². The zero-order valence-corrected chi connectivity index (χ0v) is 10.3. The summed E-state index contributed by atoms with van der Waals surface area (Å²) in [6.07, 6.45) is 5.01. The summed E-state index contributed by atoms with van der Waals surface area (Å²) in [5, 5.41) is 13.3. The highest BCUT2D eigenvalue weighted by atomic mass is 16.3. The first-order chi connectivity index (χ1) is 7.47. The molecule has 4 nitrogen and oxygen atoms in total. The van der Waals surface area contributed by atoms with Gasteiger partial charge in [0.1, 0.15) is 0 Å². The molecule has 0 saturated heterocycles. The van der Waals surface area contributed by atoms with Crippen molar-refractivity contribution in [2.45, 2.75) is 57.6 Å². The second-order valence-corrected chi connectivity index (χ2v) is 5.08. The number of primary amides is 1. The SMILES string of the molecule is CCC1CCC(O)(CNC(C)C(N)=O)CC1. The molecule has 94 valence electrons. The molecule has 4 N–H and O–H groups in total. The second kappa shape index (κ2) is 5.64. The quantitative estimate of drug-likeness (QED) is 0.651. The van der Waals surface area contributed by atoms with Gasteiger partial charge < -0.3 is 16.2 Å². The predicted octanol–water partition coefficient (Wildman–Crippen LogP) is 0.781. The molecule has 1 aliphatic carbocycles. The molecule has 0 radical (unpaired) electrons. The Kier molecular flexibility index (Phi) is 4.74. The predicted molar refractivity (Wildman–Crippen MR) is 63.9 cm³/mol. The lowest BCUT2D eigenvalue weighted by molar-refractivity contribution is -0.120. The van der Waals surface area contributed by atoms with Gasteiger partial charge in [-0.3, -0.25) is 4.79 Å². The molecule has 0 aromatic heterocycles. The van der Waals surface area contributed by atoms with Crippen LogP contribution in [-0.4, -0.2) is 29.2 Å². The van der Waals surface area contributed by atoms with Crippen LogP contribution in [0.25, 0.3) is 0 Å². The molecule has 1 aliphatic rings. The van der Waals surface area contributed by atoms with Crippen molar-refractivity contribution in [2.75, 3.05) is 6.54 Å². The lowest BCUT2D eigenvalue weighted by atomic mass is 9.78. The maximum Gasteiger partial charge on any atom is 0.234 e. The Labute approximate surface area is 97.6 Å². The van der Waals surface area contributed by atoms with Crippen LogP contribution in [0.5, 0.6) is 0 Å². The Bertz CT molecular complexity index is 235. The van der Waals surface area contributed by atoms with E-state index in [1.54, 1.807) is 6.92 Å². The third-order valence-corrected chi connectivity index (χ3v) is 3.78. The number of amides is 1. The van der Waals surface area contributed by atoms with Gasteiger partial charge in [0, 0.05) is 6.54 Å². The number of nitrogens with two attached hydrogens (primary N) is 1. The molecular formula is C12H24N2O2. The lowest BCUT2D eigenvalue weighted by Crippen LogP contribution is -2.49. The fourth-order valence-corrected chi connectivity index (χ4v) is 2.24. The van der Waals surface area contributed by atoms with Crippen LogP contribution in [0.15, 0.2) is 0 Å². The van der Waals surface area contributed by atoms with Crippen molar-refractivity contribution in [3.05, 3.63) is 0 Å². The van der Waals surface area contributed by atoms with Crippen molar-refractivity contribution in [3.8, 4) is 0 Å². The third-order valence-electron chi connectivity index (χ3n) is 3.78. The van der Waals surface area contributed by atoms with Gasteiger partial charge in [-0.1, -0.05) is 13.3 Å². The highest BCUT2D eigenvalue weighted by Gasteiger charge is 2.32. The van der Waals surface area contributed by atoms with E-state index in [2.05, 4.69) is 12.2 Å². The molecule has 1 unspecified atom stereocenters. The molecule has 1 fully saturated rings. The molecule has 4 heteroatoms. The van der Waals surface area contributed by atoms with Crippen LogP contribution in [0.1, 0.15) is 46.0 Å². The first-order valence-electron chi connectivity index (χ1n) is 6.22. The van der Waals surface area contributed by atoms with Gasteiger partial charge in [0.15, 0.2) is 0 Å². The number of nitrogens with one attached hydrogen (secondary N) is 1. The topological polar surface area (TPSA) is 75.3 Å².